The van der Waals surface area contributed by atoms with Gasteiger partial charge < -0.3 is 19.5 Å². The van der Waals surface area contributed by atoms with E-state index in [-0.39, 0.29) is 17.2 Å². The Hall–Kier alpha value is -2.31. The fourth-order valence-electron chi connectivity index (χ4n) is 4.43. The van der Waals surface area contributed by atoms with E-state index in [1.165, 1.54) is 11.1 Å². The Labute approximate surface area is 167 Å². The average Bonchev–Trinajstić information content (AvgIpc) is 3.43. The van der Waals surface area contributed by atoms with Gasteiger partial charge in [-0.3, -0.25) is 4.79 Å². The van der Waals surface area contributed by atoms with Gasteiger partial charge in [0.15, 0.2) is 11.5 Å². The summed E-state index contributed by atoms with van der Waals surface area (Å²) in [6.45, 7) is 7.57. The molecule has 1 saturated heterocycles. The molecule has 6 heteroatoms. The van der Waals surface area contributed by atoms with Crippen LogP contribution in [-0.2, 0) is 16.4 Å². The molecule has 2 aliphatic heterocycles. The van der Waals surface area contributed by atoms with Gasteiger partial charge in [-0.15, -0.1) is 0 Å². The van der Waals surface area contributed by atoms with Gasteiger partial charge in [0.2, 0.25) is 0 Å². The van der Waals surface area contributed by atoms with Crippen LogP contribution in [0.3, 0.4) is 0 Å². The number of amides is 1. The van der Waals surface area contributed by atoms with E-state index >= 15 is 0 Å². The summed E-state index contributed by atoms with van der Waals surface area (Å²) in [5.74, 6) is 1.06. The Morgan fingerprint density at radius 1 is 1.11 bits per heavy atom. The van der Waals surface area contributed by atoms with Crippen molar-refractivity contribution in [2.75, 3.05) is 20.8 Å². The minimum Gasteiger partial charge on any atom is -0.493 e. The first-order valence-electron chi connectivity index (χ1n) is 9.64. The predicted octanol–water partition coefficient (Wildman–Crippen LogP) is 3.83. The molecule has 1 amide bonds. The molecule has 2 aromatic carbocycles. The molecule has 0 aromatic heterocycles. The van der Waals surface area contributed by atoms with Crippen molar-refractivity contribution in [1.82, 2.24) is 5.32 Å². The van der Waals surface area contributed by atoms with Crippen LogP contribution in [0.4, 0.5) is 0 Å². The maximum absolute atomic E-state index is 13.0. The van der Waals surface area contributed by atoms with Crippen molar-refractivity contribution in [3.63, 3.8) is 0 Å². The monoisotopic (exact) mass is 397 g/mol. The molecule has 5 nitrogen and oxygen atoms in total. The van der Waals surface area contributed by atoms with Crippen molar-refractivity contribution >= 4 is 14.0 Å². The third-order valence-corrected chi connectivity index (χ3v) is 8.79. The molecule has 2 unspecified atom stereocenters. The van der Waals surface area contributed by atoms with Gasteiger partial charge in [0.25, 0.3) is 5.91 Å². The molecule has 0 bridgehead atoms. The van der Waals surface area contributed by atoms with Gasteiger partial charge in [-0.2, -0.15) is 0 Å². The molecule has 148 valence electrons. The van der Waals surface area contributed by atoms with E-state index in [2.05, 4.69) is 49.2 Å². The Morgan fingerprint density at radius 3 is 2.46 bits per heavy atom. The summed E-state index contributed by atoms with van der Waals surface area (Å²) in [7, 11) is 1.38. The molecular formula is C22H27NO4Si. The van der Waals surface area contributed by atoms with Gasteiger partial charge in [0.1, 0.15) is 11.3 Å². The van der Waals surface area contributed by atoms with Crippen LogP contribution in [0.25, 0.3) is 0 Å². The molecule has 0 radical (unpaired) electrons. The summed E-state index contributed by atoms with van der Waals surface area (Å²) >= 11 is 0. The van der Waals surface area contributed by atoms with Crippen molar-refractivity contribution in [2.45, 2.75) is 37.4 Å². The van der Waals surface area contributed by atoms with Crippen LogP contribution in [0.15, 0.2) is 36.4 Å². The quantitative estimate of drug-likeness (QED) is 0.632. The Balaban J connectivity index is 1.96. The number of rotatable bonds is 3. The smallest absolute Gasteiger partial charge is 0.251 e. The first-order chi connectivity index (χ1) is 13.3. The lowest BCUT2D eigenvalue weighted by molar-refractivity contribution is 0.0952. The highest BCUT2D eigenvalue weighted by atomic mass is 28.3. The summed E-state index contributed by atoms with van der Waals surface area (Å²) in [5.41, 5.74) is 3.98. The molecule has 0 saturated carbocycles. The van der Waals surface area contributed by atoms with Crippen LogP contribution in [0, 0.1) is 0 Å². The molecule has 28 heavy (non-hydrogen) atoms. The van der Waals surface area contributed by atoms with Crippen LogP contribution in [0.2, 0.25) is 19.6 Å². The Morgan fingerprint density at radius 2 is 1.79 bits per heavy atom. The molecule has 0 spiro atoms. The summed E-state index contributed by atoms with van der Waals surface area (Å²) in [5, 5.41) is 2.70. The van der Waals surface area contributed by atoms with E-state index in [9.17, 15) is 4.79 Å². The number of carbonyl (C=O) groups excluding carboxylic acids is 1. The second-order valence-corrected chi connectivity index (χ2v) is 13.7. The van der Waals surface area contributed by atoms with E-state index in [0.29, 0.717) is 23.6 Å². The molecule has 2 atom stereocenters. The summed E-state index contributed by atoms with van der Waals surface area (Å²) in [4.78, 5) is 13.0. The minimum absolute atomic E-state index is 0.102. The summed E-state index contributed by atoms with van der Waals surface area (Å²) in [6, 6.07) is 12.2. The van der Waals surface area contributed by atoms with E-state index in [1.807, 2.05) is 6.07 Å². The third kappa shape index (κ3) is 2.74. The molecule has 2 aliphatic rings. The maximum atomic E-state index is 13.0. The molecule has 4 rings (SSSR count). The number of ether oxygens (including phenoxy) is 3. The Kier molecular flexibility index (Phi) is 4.51. The van der Waals surface area contributed by atoms with Crippen molar-refractivity contribution < 1.29 is 19.0 Å². The second kappa shape index (κ2) is 6.64. The van der Waals surface area contributed by atoms with E-state index in [0.717, 1.165) is 12.0 Å². The zero-order valence-corrected chi connectivity index (χ0v) is 18.1. The van der Waals surface area contributed by atoms with E-state index in [4.69, 9.17) is 14.2 Å². The van der Waals surface area contributed by atoms with Crippen LogP contribution in [0.5, 0.6) is 11.5 Å². The number of benzene rings is 2. The number of carbonyl (C=O) groups is 1. The SMILES string of the molecule is COc1cc2c(cc1OC)C1OC1([Si](C)(C)C)c1ccccc1CCNC2=O. The first kappa shape index (κ1) is 19.0. The number of fused-ring (bicyclic) bond motifs is 5. The van der Waals surface area contributed by atoms with Crippen molar-refractivity contribution in [1.29, 1.82) is 0 Å². The predicted molar refractivity (Wildman–Crippen MR) is 111 cm³/mol. The van der Waals surface area contributed by atoms with Gasteiger partial charge >= 0.3 is 0 Å². The highest BCUT2D eigenvalue weighted by Crippen LogP contribution is 2.63. The minimum atomic E-state index is -1.82. The lowest BCUT2D eigenvalue weighted by Gasteiger charge is -2.30. The number of hydrogen-bond acceptors (Lipinski definition) is 4. The topological polar surface area (TPSA) is 60.1 Å². The van der Waals surface area contributed by atoms with Gasteiger partial charge in [-0.25, -0.2) is 0 Å². The molecule has 2 aromatic rings. The largest absolute Gasteiger partial charge is 0.493 e. The van der Waals surface area contributed by atoms with Gasteiger partial charge in [-0.05, 0) is 29.7 Å². The highest BCUT2D eigenvalue weighted by Gasteiger charge is 2.67. The van der Waals surface area contributed by atoms with Gasteiger partial charge in [0, 0.05) is 17.7 Å². The standard InChI is InChI=1S/C22H27NO4Si/c1-25-18-12-15-16(13-19(18)26-2)21(24)23-11-10-14-8-6-7-9-17(14)22(20(15)27-22)28(3,4)5/h6-9,12-13,20H,10-11H2,1-5H3,(H,23,24). The van der Waals surface area contributed by atoms with Crippen molar-refractivity contribution in [2.24, 2.45) is 0 Å². The normalized spacial score (nSPS) is 23.6. The summed E-state index contributed by atoms with van der Waals surface area (Å²) in [6.07, 6.45) is 0.617. The fourth-order valence-corrected chi connectivity index (χ4v) is 6.89. The zero-order valence-electron chi connectivity index (χ0n) is 17.1. The molecule has 2 heterocycles. The average molecular weight is 398 g/mol. The number of methoxy groups -OCH3 is 2. The van der Waals surface area contributed by atoms with Crippen LogP contribution >= 0.6 is 0 Å². The highest BCUT2D eigenvalue weighted by molar-refractivity contribution is 6.79. The zero-order chi connectivity index (χ0) is 20.1. The van der Waals surface area contributed by atoms with Gasteiger partial charge in [-0.1, -0.05) is 43.9 Å². The van der Waals surface area contributed by atoms with Crippen LogP contribution < -0.4 is 14.8 Å². The Bertz CT molecular complexity index is 937. The fraction of sp³-hybridized carbons (Fsp3) is 0.409. The number of epoxide rings is 1. The molecular weight excluding hydrogens is 370 g/mol. The van der Waals surface area contributed by atoms with E-state index in [1.54, 1.807) is 20.3 Å². The van der Waals surface area contributed by atoms with Crippen molar-refractivity contribution in [3.8, 4) is 11.5 Å². The lowest BCUT2D eigenvalue weighted by atomic mass is 9.93. The molecule has 0 aliphatic carbocycles. The van der Waals surface area contributed by atoms with Crippen LogP contribution in [0.1, 0.15) is 33.2 Å². The summed E-state index contributed by atoms with van der Waals surface area (Å²) < 4.78 is 17.5. The number of hydrogen-bond donors (Lipinski definition) is 1. The second-order valence-electron chi connectivity index (χ2n) is 8.44. The molecule has 1 fully saturated rings. The van der Waals surface area contributed by atoms with E-state index < -0.39 is 8.07 Å². The number of nitrogens with one attached hydrogen (secondary N) is 1. The maximum Gasteiger partial charge on any atom is 0.251 e. The van der Waals surface area contributed by atoms with Crippen LogP contribution in [-0.4, -0.2) is 34.7 Å². The molecule has 1 N–H and O–H groups in total. The third-order valence-electron chi connectivity index (χ3n) is 5.91. The van der Waals surface area contributed by atoms with Crippen molar-refractivity contribution in [3.05, 3.63) is 58.7 Å². The first-order valence-corrected chi connectivity index (χ1v) is 13.1. The lowest BCUT2D eigenvalue weighted by Crippen LogP contribution is -2.41. The van der Waals surface area contributed by atoms with Gasteiger partial charge in [0.05, 0.1) is 22.3 Å².